The second-order valence-corrected chi connectivity index (χ2v) is 9.44. The second kappa shape index (κ2) is 11.5. The number of anilines is 2. The molecule has 2 aliphatic rings. The summed E-state index contributed by atoms with van der Waals surface area (Å²) in [6, 6.07) is 11.7. The molecule has 0 spiro atoms. The van der Waals surface area contributed by atoms with E-state index < -0.39 is 0 Å². The zero-order valence-electron chi connectivity index (χ0n) is 20.7. The van der Waals surface area contributed by atoms with Gasteiger partial charge in [0.05, 0.1) is 0 Å². The molecule has 2 aliphatic heterocycles. The van der Waals surface area contributed by atoms with Crippen molar-refractivity contribution in [3.8, 4) is 0 Å². The van der Waals surface area contributed by atoms with Crippen molar-refractivity contribution in [2.75, 3.05) is 77.9 Å². The minimum absolute atomic E-state index is 0.121. The molecular weight excluding hydrogens is 412 g/mol. The van der Waals surface area contributed by atoms with Gasteiger partial charge in [-0.1, -0.05) is 6.07 Å². The summed E-state index contributed by atoms with van der Waals surface area (Å²) in [5.74, 6) is 0.121. The summed E-state index contributed by atoms with van der Waals surface area (Å²) in [5.41, 5.74) is 17.4. The third-order valence-corrected chi connectivity index (χ3v) is 6.63. The number of rotatable bonds is 3. The van der Waals surface area contributed by atoms with Crippen LogP contribution in [-0.4, -0.2) is 92.0 Å². The Hall–Kier alpha value is -2.61. The molecule has 180 valence electrons. The van der Waals surface area contributed by atoms with Crippen LogP contribution in [0.15, 0.2) is 36.4 Å². The largest absolute Gasteiger partial charge is 0.399 e. The number of benzene rings is 2. The Morgan fingerprint density at radius 1 is 0.758 bits per heavy atom. The van der Waals surface area contributed by atoms with Crippen molar-refractivity contribution in [2.45, 2.75) is 20.4 Å². The number of carbonyl (C=O) groups is 1. The van der Waals surface area contributed by atoms with E-state index in [1.165, 1.54) is 37.3 Å². The highest BCUT2D eigenvalue weighted by Gasteiger charge is 2.21. The first-order valence-electron chi connectivity index (χ1n) is 11.8. The van der Waals surface area contributed by atoms with E-state index in [0.717, 1.165) is 49.5 Å². The van der Waals surface area contributed by atoms with E-state index in [1.54, 1.807) is 6.07 Å². The second-order valence-electron chi connectivity index (χ2n) is 9.44. The van der Waals surface area contributed by atoms with Gasteiger partial charge in [-0.3, -0.25) is 9.69 Å². The predicted molar refractivity (Wildman–Crippen MR) is 137 cm³/mol. The molecule has 2 aromatic carbocycles. The zero-order chi connectivity index (χ0) is 24.0. The maximum Gasteiger partial charge on any atom is 0.254 e. The molecule has 0 aliphatic carbocycles. The smallest absolute Gasteiger partial charge is 0.254 e. The van der Waals surface area contributed by atoms with Gasteiger partial charge in [0.1, 0.15) is 0 Å². The van der Waals surface area contributed by atoms with Gasteiger partial charge in [-0.25, -0.2) is 0 Å². The Bertz CT molecular complexity index is 930. The van der Waals surface area contributed by atoms with E-state index in [0.29, 0.717) is 5.69 Å². The van der Waals surface area contributed by atoms with Crippen LogP contribution >= 0.6 is 0 Å². The van der Waals surface area contributed by atoms with Crippen LogP contribution < -0.4 is 11.5 Å². The summed E-state index contributed by atoms with van der Waals surface area (Å²) in [5, 5.41) is 0. The lowest BCUT2D eigenvalue weighted by atomic mass is 10.1. The first kappa shape index (κ1) is 25.0. The number of hydrogen-bond acceptors (Lipinski definition) is 6. The van der Waals surface area contributed by atoms with E-state index in [4.69, 9.17) is 11.5 Å². The van der Waals surface area contributed by atoms with Crippen LogP contribution in [0.3, 0.4) is 0 Å². The molecule has 0 aromatic heterocycles. The number of carbonyl (C=O) groups excluding carboxylic acids is 1. The van der Waals surface area contributed by atoms with Crippen molar-refractivity contribution in [3.05, 3.63) is 58.7 Å². The van der Waals surface area contributed by atoms with Gasteiger partial charge >= 0.3 is 0 Å². The molecule has 1 amide bonds. The van der Waals surface area contributed by atoms with Crippen molar-refractivity contribution in [1.29, 1.82) is 0 Å². The number of nitrogen functional groups attached to an aromatic ring is 2. The Morgan fingerprint density at radius 2 is 1.27 bits per heavy atom. The summed E-state index contributed by atoms with van der Waals surface area (Å²) >= 11 is 0. The molecule has 4 rings (SSSR count). The summed E-state index contributed by atoms with van der Waals surface area (Å²) in [7, 11) is 4.27. The summed E-state index contributed by atoms with van der Waals surface area (Å²) < 4.78 is 0. The van der Waals surface area contributed by atoms with Crippen molar-refractivity contribution in [2.24, 2.45) is 0 Å². The van der Waals surface area contributed by atoms with Gasteiger partial charge < -0.3 is 26.2 Å². The SMILES string of the molecule is Cc1cc(N)ccc1C(=O)N1CCN(C)CC1.Cc1cc(N)ccc1CN1CCN(C)CC1. The van der Waals surface area contributed by atoms with Crippen LogP contribution in [-0.2, 0) is 6.54 Å². The fourth-order valence-corrected chi connectivity index (χ4v) is 4.25. The maximum absolute atomic E-state index is 12.3. The number of nitrogens with two attached hydrogens (primary N) is 2. The minimum atomic E-state index is 0.121. The molecule has 0 radical (unpaired) electrons. The lowest BCUT2D eigenvalue weighted by Crippen LogP contribution is -2.47. The molecular formula is C26H40N6O. The van der Waals surface area contributed by atoms with E-state index in [2.05, 4.69) is 47.9 Å². The molecule has 4 N–H and O–H groups in total. The molecule has 0 atom stereocenters. The van der Waals surface area contributed by atoms with Gasteiger partial charge in [0, 0.05) is 75.8 Å². The number of hydrogen-bond donors (Lipinski definition) is 2. The van der Waals surface area contributed by atoms with Gasteiger partial charge in [0.25, 0.3) is 5.91 Å². The highest BCUT2D eigenvalue weighted by Crippen LogP contribution is 2.16. The molecule has 0 bridgehead atoms. The molecule has 2 saturated heterocycles. The molecule has 0 unspecified atom stereocenters. The molecule has 7 heteroatoms. The van der Waals surface area contributed by atoms with Crippen LogP contribution in [0.5, 0.6) is 0 Å². The number of amides is 1. The molecule has 2 heterocycles. The quantitative estimate of drug-likeness (QED) is 0.696. The van der Waals surface area contributed by atoms with E-state index >= 15 is 0 Å². The third kappa shape index (κ3) is 7.19. The standard InChI is InChI=1S/C13H19N3O.C13H21N3/c1-10-9-11(14)3-4-12(10)13(17)16-7-5-15(2)6-8-16;1-11-9-13(14)4-3-12(11)10-16-7-5-15(2)6-8-16/h3-4,9H,5-8,14H2,1-2H3;3-4,9H,5-8,10,14H2,1-2H3. The van der Waals surface area contributed by atoms with Gasteiger partial charge in [-0.15, -0.1) is 0 Å². The van der Waals surface area contributed by atoms with Gasteiger partial charge in [-0.05, 0) is 75.0 Å². The van der Waals surface area contributed by atoms with Crippen molar-refractivity contribution in [1.82, 2.24) is 19.6 Å². The Labute approximate surface area is 198 Å². The number of likely N-dealkylation sites (N-methyl/N-ethyl adjacent to an activating group) is 2. The van der Waals surface area contributed by atoms with E-state index in [1.807, 2.05) is 30.0 Å². The van der Waals surface area contributed by atoms with Crippen LogP contribution in [0.1, 0.15) is 27.0 Å². The zero-order valence-corrected chi connectivity index (χ0v) is 20.7. The highest BCUT2D eigenvalue weighted by atomic mass is 16.2. The van der Waals surface area contributed by atoms with Crippen LogP contribution in [0, 0.1) is 13.8 Å². The number of aryl methyl sites for hydroxylation is 2. The molecule has 7 nitrogen and oxygen atoms in total. The molecule has 33 heavy (non-hydrogen) atoms. The van der Waals surface area contributed by atoms with Gasteiger partial charge in [-0.2, -0.15) is 0 Å². The Balaban J connectivity index is 0.000000186. The fourth-order valence-electron chi connectivity index (χ4n) is 4.25. The molecule has 0 saturated carbocycles. The maximum atomic E-state index is 12.3. The predicted octanol–water partition coefficient (Wildman–Crippen LogP) is 2.29. The lowest BCUT2D eigenvalue weighted by molar-refractivity contribution is 0.0663. The van der Waals surface area contributed by atoms with Crippen molar-refractivity contribution < 1.29 is 4.79 Å². The average Bonchev–Trinajstić information content (AvgIpc) is 2.78. The monoisotopic (exact) mass is 452 g/mol. The van der Waals surface area contributed by atoms with Crippen LogP contribution in [0.2, 0.25) is 0 Å². The topological polar surface area (TPSA) is 82.1 Å². The Kier molecular flexibility index (Phi) is 8.72. The normalized spacial score (nSPS) is 18.0. The first-order valence-corrected chi connectivity index (χ1v) is 11.8. The summed E-state index contributed by atoms with van der Waals surface area (Å²) in [6.45, 7) is 13.3. The molecule has 2 aromatic rings. The summed E-state index contributed by atoms with van der Waals surface area (Å²) in [6.07, 6.45) is 0. The van der Waals surface area contributed by atoms with E-state index in [9.17, 15) is 4.79 Å². The number of nitrogens with zero attached hydrogens (tertiary/aromatic N) is 4. The van der Waals surface area contributed by atoms with Crippen LogP contribution in [0.4, 0.5) is 11.4 Å². The average molecular weight is 453 g/mol. The van der Waals surface area contributed by atoms with E-state index in [-0.39, 0.29) is 5.91 Å². The van der Waals surface area contributed by atoms with Crippen LogP contribution in [0.25, 0.3) is 0 Å². The van der Waals surface area contributed by atoms with Gasteiger partial charge in [0.2, 0.25) is 0 Å². The van der Waals surface area contributed by atoms with Gasteiger partial charge in [0.15, 0.2) is 0 Å². The summed E-state index contributed by atoms with van der Waals surface area (Å²) in [4.78, 5) is 21.3. The first-order chi connectivity index (χ1) is 15.7. The van der Waals surface area contributed by atoms with Crippen molar-refractivity contribution in [3.63, 3.8) is 0 Å². The highest BCUT2D eigenvalue weighted by molar-refractivity contribution is 5.96. The number of piperazine rings is 2. The van der Waals surface area contributed by atoms with Crippen molar-refractivity contribution >= 4 is 17.3 Å². The lowest BCUT2D eigenvalue weighted by Gasteiger charge is -2.32. The third-order valence-electron chi connectivity index (χ3n) is 6.63. The minimum Gasteiger partial charge on any atom is -0.399 e. The molecule has 2 fully saturated rings. The fraction of sp³-hybridized carbons (Fsp3) is 0.500. The Morgan fingerprint density at radius 3 is 1.82 bits per heavy atom.